The summed E-state index contributed by atoms with van der Waals surface area (Å²) in [5.41, 5.74) is 1.68. The van der Waals surface area contributed by atoms with Crippen LogP contribution >= 0.6 is 0 Å². The van der Waals surface area contributed by atoms with Crippen LogP contribution in [0.4, 0.5) is 4.39 Å². The summed E-state index contributed by atoms with van der Waals surface area (Å²) in [6.07, 6.45) is 0. The minimum absolute atomic E-state index is 0.0409. The Morgan fingerprint density at radius 2 is 1.93 bits per heavy atom. The van der Waals surface area contributed by atoms with Gasteiger partial charge in [0, 0.05) is 30.1 Å². The molecule has 0 atom stereocenters. The Kier molecular flexibility index (Phi) is 5.63. The van der Waals surface area contributed by atoms with E-state index in [1.165, 1.54) is 23.1 Å². The van der Waals surface area contributed by atoms with Gasteiger partial charge in [0.1, 0.15) is 17.1 Å². The Hall–Kier alpha value is -3.35. The van der Waals surface area contributed by atoms with Gasteiger partial charge in [-0.1, -0.05) is 18.2 Å². The molecule has 0 unspecified atom stereocenters. The third kappa shape index (κ3) is 3.98. The molecule has 7 heteroatoms. The number of methoxy groups -OCH3 is 1. The van der Waals surface area contributed by atoms with E-state index in [4.69, 9.17) is 13.9 Å². The van der Waals surface area contributed by atoms with Gasteiger partial charge >= 0.3 is 5.97 Å². The summed E-state index contributed by atoms with van der Waals surface area (Å²) in [5, 5.41) is 0.492. The van der Waals surface area contributed by atoms with Crippen molar-refractivity contribution in [1.82, 2.24) is 4.90 Å². The Morgan fingerprint density at radius 1 is 1.18 bits per heavy atom. The predicted octanol–water partition coefficient (Wildman–Crippen LogP) is 3.70. The van der Waals surface area contributed by atoms with Crippen LogP contribution in [0.25, 0.3) is 11.0 Å². The molecule has 0 bridgehead atoms. The number of fused-ring (bicyclic) bond motifs is 1. The van der Waals surface area contributed by atoms with Crippen LogP contribution in [0, 0.1) is 12.7 Å². The van der Waals surface area contributed by atoms with E-state index in [1.54, 1.807) is 27.1 Å². The largest absolute Gasteiger partial charge is 0.496 e. The number of nitrogens with zero attached hydrogens (tertiary/aromatic N) is 1. The van der Waals surface area contributed by atoms with Gasteiger partial charge in [0.2, 0.25) is 5.76 Å². The minimum Gasteiger partial charge on any atom is -0.496 e. The van der Waals surface area contributed by atoms with Gasteiger partial charge in [0.15, 0.2) is 6.61 Å². The number of carbonyl (C=O) groups excluding carboxylic acids is 2. The van der Waals surface area contributed by atoms with E-state index in [1.807, 2.05) is 18.2 Å². The topological polar surface area (TPSA) is 69.0 Å². The number of hydrogen-bond acceptors (Lipinski definition) is 5. The highest BCUT2D eigenvalue weighted by atomic mass is 19.1. The smallest absolute Gasteiger partial charge is 0.375 e. The van der Waals surface area contributed by atoms with E-state index in [0.717, 1.165) is 5.56 Å². The molecule has 6 nitrogen and oxygen atoms in total. The second-order valence-corrected chi connectivity index (χ2v) is 6.33. The van der Waals surface area contributed by atoms with Crippen molar-refractivity contribution in [2.75, 3.05) is 20.8 Å². The number of carbonyl (C=O) groups is 2. The van der Waals surface area contributed by atoms with Gasteiger partial charge in [-0.15, -0.1) is 0 Å². The summed E-state index contributed by atoms with van der Waals surface area (Å²) in [5.74, 6) is -0.943. The lowest BCUT2D eigenvalue weighted by molar-refractivity contribution is -0.133. The van der Waals surface area contributed by atoms with Crippen molar-refractivity contribution >= 4 is 22.8 Å². The SMILES string of the molecule is COc1ccccc1CN(C)C(=O)COC(=O)c1oc2ccc(F)cc2c1C. The van der Waals surface area contributed by atoms with Crippen molar-refractivity contribution < 1.29 is 27.9 Å². The Balaban J connectivity index is 1.64. The van der Waals surface area contributed by atoms with Crippen molar-refractivity contribution in [3.05, 3.63) is 65.2 Å². The van der Waals surface area contributed by atoms with Crippen LogP contribution in [-0.4, -0.2) is 37.5 Å². The lowest BCUT2D eigenvalue weighted by atomic mass is 10.1. The Labute approximate surface area is 161 Å². The highest BCUT2D eigenvalue weighted by Gasteiger charge is 2.21. The normalized spacial score (nSPS) is 10.7. The molecule has 1 aromatic heterocycles. The second-order valence-electron chi connectivity index (χ2n) is 6.33. The summed E-state index contributed by atoms with van der Waals surface area (Å²) < 4.78 is 29.2. The number of furan rings is 1. The maximum Gasteiger partial charge on any atom is 0.375 e. The molecule has 0 radical (unpaired) electrons. The first-order valence-corrected chi connectivity index (χ1v) is 8.62. The average molecular weight is 385 g/mol. The number of rotatable bonds is 6. The molecular formula is C21H20FNO5. The molecule has 0 saturated carbocycles. The van der Waals surface area contributed by atoms with Crippen molar-refractivity contribution in [3.8, 4) is 5.75 Å². The zero-order valence-electron chi connectivity index (χ0n) is 15.8. The van der Waals surface area contributed by atoms with Crippen LogP contribution in [0.3, 0.4) is 0 Å². The van der Waals surface area contributed by atoms with Gasteiger partial charge in [0.05, 0.1) is 7.11 Å². The lowest BCUT2D eigenvalue weighted by Gasteiger charge is -2.18. The number of para-hydroxylation sites is 1. The standard InChI is InChI=1S/C21H20FNO5/c1-13-16-10-15(22)8-9-18(16)28-20(13)21(25)27-12-19(24)23(2)11-14-6-4-5-7-17(14)26-3/h4-10H,11-12H2,1-3H3. The first-order valence-electron chi connectivity index (χ1n) is 8.62. The van der Waals surface area contributed by atoms with E-state index in [0.29, 0.717) is 28.8 Å². The number of hydrogen-bond donors (Lipinski definition) is 0. The average Bonchev–Trinajstić information content (AvgIpc) is 3.02. The summed E-state index contributed by atoms with van der Waals surface area (Å²) in [7, 11) is 3.17. The summed E-state index contributed by atoms with van der Waals surface area (Å²) in [6, 6.07) is 11.3. The molecule has 3 aromatic rings. The summed E-state index contributed by atoms with van der Waals surface area (Å²) in [6.45, 7) is 1.51. The van der Waals surface area contributed by atoms with Gasteiger partial charge in [-0.05, 0) is 31.2 Å². The molecule has 28 heavy (non-hydrogen) atoms. The summed E-state index contributed by atoms with van der Waals surface area (Å²) in [4.78, 5) is 26.1. The molecule has 0 N–H and O–H groups in total. The van der Waals surface area contributed by atoms with Gasteiger partial charge in [0.25, 0.3) is 5.91 Å². The number of likely N-dealkylation sites (N-methyl/N-ethyl adjacent to an activating group) is 1. The van der Waals surface area contributed by atoms with E-state index < -0.39 is 18.4 Å². The fourth-order valence-electron chi connectivity index (χ4n) is 2.87. The number of amides is 1. The molecule has 0 saturated heterocycles. The van der Waals surface area contributed by atoms with Crippen LogP contribution in [0.2, 0.25) is 0 Å². The van der Waals surface area contributed by atoms with Crippen LogP contribution < -0.4 is 4.74 Å². The number of benzene rings is 2. The third-order valence-electron chi connectivity index (χ3n) is 4.44. The number of esters is 1. The Morgan fingerprint density at radius 3 is 2.68 bits per heavy atom. The van der Waals surface area contributed by atoms with Crippen molar-refractivity contribution in [3.63, 3.8) is 0 Å². The molecule has 3 rings (SSSR count). The molecule has 0 fully saturated rings. The second kappa shape index (κ2) is 8.12. The maximum absolute atomic E-state index is 13.4. The first-order chi connectivity index (χ1) is 13.4. The van der Waals surface area contributed by atoms with E-state index in [-0.39, 0.29) is 11.7 Å². The molecule has 0 aliphatic carbocycles. The number of halogens is 1. The molecule has 1 heterocycles. The van der Waals surface area contributed by atoms with E-state index in [9.17, 15) is 14.0 Å². The van der Waals surface area contributed by atoms with Crippen molar-refractivity contribution in [2.24, 2.45) is 0 Å². The van der Waals surface area contributed by atoms with Crippen LogP contribution in [-0.2, 0) is 16.1 Å². The van der Waals surface area contributed by atoms with Crippen molar-refractivity contribution in [1.29, 1.82) is 0 Å². The molecule has 2 aromatic carbocycles. The van der Waals surface area contributed by atoms with Gasteiger partial charge in [-0.25, -0.2) is 9.18 Å². The highest BCUT2D eigenvalue weighted by Crippen LogP contribution is 2.26. The fourth-order valence-corrected chi connectivity index (χ4v) is 2.87. The molecule has 0 aliphatic rings. The zero-order valence-corrected chi connectivity index (χ0v) is 15.8. The molecule has 0 spiro atoms. The predicted molar refractivity (Wildman–Crippen MR) is 101 cm³/mol. The minimum atomic E-state index is -0.770. The molecular weight excluding hydrogens is 365 g/mol. The number of aryl methyl sites for hydroxylation is 1. The van der Waals surface area contributed by atoms with Crippen molar-refractivity contribution in [2.45, 2.75) is 13.5 Å². The van der Waals surface area contributed by atoms with Gasteiger partial charge in [-0.2, -0.15) is 0 Å². The van der Waals surface area contributed by atoms with Gasteiger partial charge in [-0.3, -0.25) is 4.79 Å². The first kappa shape index (κ1) is 19.4. The van der Waals surface area contributed by atoms with E-state index >= 15 is 0 Å². The van der Waals surface area contributed by atoms with Crippen LogP contribution in [0.5, 0.6) is 5.75 Å². The van der Waals surface area contributed by atoms with Crippen LogP contribution in [0.15, 0.2) is 46.9 Å². The maximum atomic E-state index is 13.4. The highest BCUT2D eigenvalue weighted by molar-refractivity contribution is 5.96. The molecule has 0 aliphatic heterocycles. The Bertz CT molecular complexity index is 1030. The monoisotopic (exact) mass is 385 g/mol. The third-order valence-corrected chi connectivity index (χ3v) is 4.44. The quantitative estimate of drug-likeness (QED) is 0.605. The molecule has 146 valence electrons. The fraction of sp³-hybridized carbons (Fsp3) is 0.238. The van der Waals surface area contributed by atoms with Crippen LogP contribution in [0.1, 0.15) is 21.7 Å². The molecule has 1 amide bonds. The number of ether oxygens (including phenoxy) is 2. The zero-order chi connectivity index (χ0) is 20.3. The lowest BCUT2D eigenvalue weighted by Crippen LogP contribution is -2.31. The van der Waals surface area contributed by atoms with Gasteiger partial charge < -0.3 is 18.8 Å². The van der Waals surface area contributed by atoms with E-state index in [2.05, 4.69) is 0 Å². The summed E-state index contributed by atoms with van der Waals surface area (Å²) >= 11 is 0.